The van der Waals surface area contributed by atoms with Crippen LogP contribution in [0, 0.1) is 29.6 Å². The van der Waals surface area contributed by atoms with Crippen LogP contribution in [-0.4, -0.2) is 168 Å². The number of carboxylic acid groups (broad SMARTS) is 2. The van der Waals surface area contributed by atoms with E-state index in [2.05, 4.69) is 39.5 Å². The number of phenols is 4. The van der Waals surface area contributed by atoms with Crippen LogP contribution < -0.4 is 4.74 Å². The van der Waals surface area contributed by atoms with Crippen LogP contribution >= 0.6 is 0 Å². The van der Waals surface area contributed by atoms with Crippen molar-refractivity contribution in [1.82, 2.24) is 39.5 Å². The largest absolute Gasteiger partial charge is 0.507 e. The van der Waals surface area contributed by atoms with E-state index in [9.17, 15) is 71.8 Å². The molecule has 8 aromatic carbocycles. The zero-order valence-corrected chi connectivity index (χ0v) is 70.4. The van der Waals surface area contributed by atoms with Crippen LogP contribution in [0.25, 0.3) is 87.0 Å². The number of phenolic OH excluding ortho intramolecular Hbond substituents is 4. The van der Waals surface area contributed by atoms with E-state index in [-0.39, 0.29) is 50.6 Å². The molecule has 4 aliphatic heterocycles. The first-order valence-corrected chi connectivity index (χ1v) is 42.6. The smallest absolute Gasteiger partial charge is 0.341 e. The van der Waals surface area contributed by atoms with Crippen molar-refractivity contribution >= 4 is 111 Å². The van der Waals surface area contributed by atoms with Gasteiger partial charge in [-0.3, -0.25) is 19.6 Å². The van der Waals surface area contributed by atoms with Gasteiger partial charge in [-0.2, -0.15) is 17.6 Å². The summed E-state index contributed by atoms with van der Waals surface area (Å²) < 4.78 is 109. The highest BCUT2D eigenvalue weighted by Crippen LogP contribution is 2.53. The zero-order valence-electron chi connectivity index (χ0n) is 70.4. The number of methoxy groups -OCH3 is 3. The minimum atomic E-state index is -1.17. The maximum atomic E-state index is 14.2. The molecule has 0 radical (unpaired) electrons. The van der Waals surface area contributed by atoms with Gasteiger partial charge in [0.15, 0.2) is 0 Å². The van der Waals surface area contributed by atoms with Crippen molar-refractivity contribution in [3.8, 4) is 28.7 Å². The van der Waals surface area contributed by atoms with E-state index in [0.29, 0.717) is 145 Å². The van der Waals surface area contributed by atoms with Crippen LogP contribution in [0.15, 0.2) is 201 Å². The Balaban J connectivity index is 0.000000121. The molecule has 662 valence electrons. The molecule has 4 atom stereocenters. The summed E-state index contributed by atoms with van der Waals surface area (Å²) in [6.07, 6.45) is 22.7. The van der Waals surface area contributed by atoms with E-state index in [1.165, 1.54) is 114 Å². The van der Waals surface area contributed by atoms with Crippen molar-refractivity contribution in [3.05, 3.63) is 280 Å². The number of aromatic hydroxyl groups is 4. The van der Waals surface area contributed by atoms with Crippen LogP contribution in [0.5, 0.6) is 28.7 Å². The Morgan fingerprint density at radius 1 is 0.333 bits per heavy atom. The summed E-state index contributed by atoms with van der Waals surface area (Å²) >= 11 is 0. The number of furan rings is 4. The van der Waals surface area contributed by atoms with Gasteiger partial charge in [-0.25, -0.2) is 43.5 Å². The Morgan fingerprint density at radius 2 is 0.605 bits per heavy atom. The lowest BCUT2D eigenvalue weighted by Crippen LogP contribution is -2.34. The Hall–Kier alpha value is -14.1. The zero-order chi connectivity index (χ0) is 90.0. The molecule has 8 aromatic heterocycles. The number of hydrogen-bond donors (Lipinski definition) is 6. The van der Waals surface area contributed by atoms with Gasteiger partial charge in [-0.05, 0) is 211 Å². The molecule has 16 aromatic rings. The number of carbonyl (C=O) groups excluding carboxylic acids is 2. The molecule has 30 heteroatoms. The second-order valence-corrected chi connectivity index (χ2v) is 32.4. The van der Waals surface area contributed by atoms with Crippen molar-refractivity contribution in [2.75, 3.05) is 73.7 Å². The van der Waals surface area contributed by atoms with Gasteiger partial charge in [0.05, 0.1) is 45.5 Å². The van der Waals surface area contributed by atoms with Crippen molar-refractivity contribution in [2.24, 2.45) is 0 Å². The summed E-state index contributed by atoms with van der Waals surface area (Å²) in [5.74, 6) is -6.22. The summed E-state index contributed by atoms with van der Waals surface area (Å²) in [6, 6.07) is 33.7. The molecule has 4 fully saturated rings. The monoisotopic (exact) mass is 1760 g/mol. The van der Waals surface area contributed by atoms with E-state index in [4.69, 9.17) is 31.9 Å². The number of nitrogens with zero attached hydrogens (tertiary/aromatic N) is 8. The highest BCUT2D eigenvalue weighted by molar-refractivity contribution is 6.20. The standard InChI is InChI=1S/C25H22F2N2O4.C25H23FN2O5.C25H23FN2O4.C24H21FN2O4/c1-32-25(31)18-13-33-24-16-6-5-15(26)12-17(16)23(30)21(20(18)24)22(29-9-3-2-4-10-29)14-7-8-28-19(27)11-14;1-32-15-5-6-16-17(12-15)23(29)21(20-18(25(30)31)13-33-24(16)20)22(28-9-3-2-4-10-28)14-7-8-27-19(26)11-14;1-31-25(30)18-14-32-24-17-8-4-3-7-16(17)23(29)21(20(18)24)22(28-11-5-2-6-12-28)15-9-10-27-19(26)13-15;25-18-12-14(8-9-26-18)21(27-10-4-1-5-11-27)20-19-17(24(29)30)13-31-23(19)16-7-3-2-6-15(16)22(20)28/h5-8,11-13,22,30H,2-4,9-10H2,1H3;5-8,11-13,22,29H,2-4,9-10H2,1H3,(H,30,31);3-4,7-10,13-14,22,29H,2,5-6,11-12H2,1H3;2-3,6-9,12-13,21,28H,1,4-5,10-11H2,(H,29,30). The number of likely N-dealkylation sites (tertiary alicyclic amines) is 4. The van der Waals surface area contributed by atoms with Crippen molar-refractivity contribution < 1.29 is 104 Å². The molecular weight excluding hydrogens is 1670 g/mol. The normalized spacial score (nSPS) is 15.8. The molecule has 129 heavy (non-hydrogen) atoms. The number of carbonyl (C=O) groups is 4. The second kappa shape index (κ2) is 37.5. The topological polar surface area (TPSA) is 334 Å². The van der Waals surface area contributed by atoms with Crippen LogP contribution in [0.3, 0.4) is 0 Å². The van der Waals surface area contributed by atoms with Gasteiger partial charge in [0.2, 0.25) is 23.8 Å². The highest BCUT2D eigenvalue weighted by atomic mass is 19.1. The molecule has 0 bridgehead atoms. The number of fused-ring (bicyclic) bond motifs is 12. The minimum absolute atomic E-state index is 0.0141. The average Bonchev–Trinajstić information content (AvgIpc) is 1.76. The molecule has 12 heterocycles. The lowest BCUT2D eigenvalue weighted by molar-refractivity contribution is 0.0592. The summed E-state index contributed by atoms with van der Waals surface area (Å²) in [5.41, 5.74) is 5.95. The first-order valence-electron chi connectivity index (χ1n) is 42.6. The number of hydrogen-bond acceptors (Lipinski definition) is 23. The third-order valence-electron chi connectivity index (χ3n) is 25.0. The molecule has 20 rings (SSSR count). The van der Waals surface area contributed by atoms with Crippen LogP contribution in [0.4, 0.5) is 22.0 Å². The summed E-state index contributed by atoms with van der Waals surface area (Å²) in [4.78, 5) is 72.8. The highest BCUT2D eigenvalue weighted by Gasteiger charge is 2.40. The van der Waals surface area contributed by atoms with Gasteiger partial charge in [-0.15, -0.1) is 0 Å². The number of pyridine rings is 4. The maximum absolute atomic E-state index is 14.2. The van der Waals surface area contributed by atoms with Crippen molar-refractivity contribution in [1.29, 1.82) is 0 Å². The molecule has 0 aliphatic carbocycles. The lowest BCUT2D eigenvalue weighted by Gasteiger charge is -2.36. The fraction of sp³-hybridized carbons (Fsp3) is 0.273. The number of benzene rings is 8. The fourth-order valence-corrected chi connectivity index (χ4v) is 19.3. The van der Waals surface area contributed by atoms with Gasteiger partial charge < -0.3 is 62.5 Å². The van der Waals surface area contributed by atoms with Gasteiger partial charge in [0, 0.05) is 112 Å². The fourth-order valence-electron chi connectivity index (χ4n) is 19.3. The van der Waals surface area contributed by atoms with E-state index in [1.807, 2.05) is 30.3 Å². The summed E-state index contributed by atoms with van der Waals surface area (Å²) in [5, 5.41) is 71.6. The maximum Gasteiger partial charge on any atom is 0.341 e. The number of aromatic nitrogens is 4. The number of aromatic carboxylic acids is 2. The summed E-state index contributed by atoms with van der Waals surface area (Å²) in [6.45, 7) is 5.95. The van der Waals surface area contributed by atoms with Gasteiger partial charge >= 0.3 is 23.9 Å². The van der Waals surface area contributed by atoms with E-state index >= 15 is 0 Å². The number of piperidine rings is 4. The summed E-state index contributed by atoms with van der Waals surface area (Å²) in [7, 11) is 4.10. The van der Waals surface area contributed by atoms with E-state index in [0.717, 1.165) is 116 Å². The molecular formula is C99H89F5N8O17. The Morgan fingerprint density at radius 3 is 0.899 bits per heavy atom. The Bertz CT molecular complexity index is 6970. The van der Waals surface area contributed by atoms with Gasteiger partial charge in [0.1, 0.15) is 104 Å². The molecule has 4 unspecified atom stereocenters. The minimum Gasteiger partial charge on any atom is -0.507 e. The quantitative estimate of drug-likeness (QED) is 0.0280. The molecule has 25 nitrogen and oxygen atoms in total. The Labute approximate surface area is 733 Å². The lowest BCUT2D eigenvalue weighted by atomic mass is 9.88. The average molecular weight is 1760 g/mol. The number of ether oxygens (including phenoxy) is 3. The van der Waals surface area contributed by atoms with Gasteiger partial charge in [0.25, 0.3) is 0 Å². The van der Waals surface area contributed by atoms with Gasteiger partial charge in [-0.1, -0.05) is 74.2 Å². The third-order valence-corrected chi connectivity index (χ3v) is 25.0. The number of rotatable bonds is 17. The van der Waals surface area contributed by atoms with E-state index in [1.54, 1.807) is 60.7 Å². The second-order valence-electron chi connectivity index (χ2n) is 32.4. The van der Waals surface area contributed by atoms with Crippen LogP contribution in [-0.2, 0) is 9.47 Å². The molecule has 6 N–H and O–H groups in total. The first-order chi connectivity index (χ1) is 62.6. The van der Waals surface area contributed by atoms with E-state index < -0.39 is 77.7 Å². The number of esters is 2. The molecule has 4 aliphatic rings. The molecule has 4 saturated heterocycles. The number of carboxylic acids is 2. The van der Waals surface area contributed by atoms with Crippen LogP contribution in [0.1, 0.15) is 187 Å². The number of halogens is 5. The van der Waals surface area contributed by atoms with Crippen molar-refractivity contribution in [3.63, 3.8) is 0 Å². The SMILES string of the molecule is COC(=O)c1coc2c1c(C(c1ccnc(F)c1)N1CCCCC1)c(O)c1cc(F)ccc12.COC(=O)c1coc2c1c(C(c1ccnc(F)c1)N1CCCCC1)c(O)c1ccccc12.COc1ccc2c(c1)c(O)c(C(c1ccnc(F)c1)N1CCCCC1)c1c(C(=O)O)coc12.O=C(O)c1coc2c1c(C(c1ccnc(F)c1)N1CCCCC1)c(O)c1ccccc12. The van der Waals surface area contributed by atoms with Crippen molar-refractivity contribution in [2.45, 2.75) is 101 Å². The third kappa shape index (κ3) is 16.7. The molecule has 0 saturated carbocycles. The predicted molar refractivity (Wildman–Crippen MR) is 470 cm³/mol. The molecule has 0 spiro atoms. The van der Waals surface area contributed by atoms with Crippen LogP contribution in [0.2, 0.25) is 0 Å². The predicted octanol–water partition coefficient (Wildman–Crippen LogP) is 20.7. The Kier molecular flexibility index (Phi) is 25.3. The molecule has 0 amide bonds. The first kappa shape index (κ1) is 87.0.